The first-order valence-electron chi connectivity index (χ1n) is 5.31. The van der Waals surface area contributed by atoms with Crippen LogP contribution in [0.5, 0.6) is 0 Å². The fraction of sp³-hybridized carbons (Fsp3) is 0.167. The second-order valence-electron chi connectivity index (χ2n) is 3.76. The molecule has 18 heavy (non-hydrogen) atoms. The molecule has 2 rings (SSSR count). The second kappa shape index (κ2) is 5.49. The van der Waals surface area contributed by atoms with Gasteiger partial charge in [0.1, 0.15) is 0 Å². The van der Waals surface area contributed by atoms with E-state index in [1.807, 2.05) is 6.92 Å². The Morgan fingerprint density at radius 2 is 2.33 bits per heavy atom. The maximum atomic E-state index is 11.9. The fourth-order valence-electron chi connectivity index (χ4n) is 1.49. The van der Waals surface area contributed by atoms with Crippen LogP contribution in [-0.2, 0) is 6.54 Å². The van der Waals surface area contributed by atoms with E-state index in [0.717, 1.165) is 14.4 Å². The lowest BCUT2D eigenvalue weighted by atomic mass is 10.1. The number of amides is 1. The Morgan fingerprint density at radius 3 is 2.94 bits per heavy atom. The van der Waals surface area contributed by atoms with Gasteiger partial charge in [0.15, 0.2) is 0 Å². The van der Waals surface area contributed by atoms with Crippen molar-refractivity contribution in [1.82, 2.24) is 10.3 Å². The van der Waals surface area contributed by atoms with Crippen LogP contribution in [0.15, 0.2) is 28.9 Å². The van der Waals surface area contributed by atoms with Crippen molar-refractivity contribution < 1.29 is 4.79 Å². The molecule has 0 spiro atoms. The Labute approximate surface area is 117 Å². The van der Waals surface area contributed by atoms with Gasteiger partial charge in [-0.05, 0) is 25.1 Å². The summed E-state index contributed by atoms with van der Waals surface area (Å²) in [5.41, 5.74) is 6.74. The van der Waals surface area contributed by atoms with Gasteiger partial charge in [0, 0.05) is 21.2 Å². The van der Waals surface area contributed by atoms with Crippen LogP contribution in [0.3, 0.4) is 0 Å². The topological polar surface area (TPSA) is 68.0 Å². The Hall–Kier alpha value is -1.40. The molecule has 0 bridgehead atoms. The molecule has 0 unspecified atom stereocenters. The van der Waals surface area contributed by atoms with Crippen molar-refractivity contribution in [3.05, 3.63) is 44.3 Å². The summed E-state index contributed by atoms with van der Waals surface area (Å²) in [4.78, 5) is 17.1. The molecule has 94 valence electrons. The highest BCUT2D eigenvalue weighted by molar-refractivity contribution is 9.10. The molecule has 0 aliphatic carbocycles. The molecule has 1 heterocycles. The van der Waals surface area contributed by atoms with Crippen molar-refractivity contribution in [1.29, 1.82) is 0 Å². The van der Waals surface area contributed by atoms with Crippen LogP contribution in [0, 0.1) is 6.92 Å². The van der Waals surface area contributed by atoms with Gasteiger partial charge >= 0.3 is 0 Å². The van der Waals surface area contributed by atoms with E-state index >= 15 is 0 Å². The van der Waals surface area contributed by atoms with Crippen LogP contribution in [0.1, 0.15) is 20.2 Å². The van der Waals surface area contributed by atoms with Gasteiger partial charge in [-0.25, -0.2) is 4.98 Å². The zero-order valence-electron chi connectivity index (χ0n) is 9.74. The summed E-state index contributed by atoms with van der Waals surface area (Å²) in [6, 6.07) is 5.21. The number of benzene rings is 1. The van der Waals surface area contributed by atoms with Crippen molar-refractivity contribution in [3.8, 4) is 0 Å². The number of nitrogens with zero attached hydrogens (tertiary/aromatic N) is 1. The molecule has 0 aliphatic heterocycles. The number of halogens is 1. The first-order valence-corrected chi connectivity index (χ1v) is 6.92. The number of carbonyl (C=O) groups is 1. The van der Waals surface area contributed by atoms with Gasteiger partial charge in [-0.1, -0.05) is 15.9 Å². The zero-order valence-corrected chi connectivity index (χ0v) is 12.1. The van der Waals surface area contributed by atoms with E-state index in [0.29, 0.717) is 17.8 Å². The molecule has 0 saturated heterocycles. The molecular formula is C12H12BrN3OS. The normalized spacial score (nSPS) is 10.3. The van der Waals surface area contributed by atoms with E-state index in [1.165, 1.54) is 0 Å². The molecule has 1 aromatic carbocycles. The summed E-state index contributed by atoms with van der Waals surface area (Å²) in [6.07, 6.45) is 1.77. The van der Waals surface area contributed by atoms with Crippen molar-refractivity contribution in [2.75, 3.05) is 5.73 Å². The van der Waals surface area contributed by atoms with Gasteiger partial charge in [-0.15, -0.1) is 11.3 Å². The lowest BCUT2D eigenvalue weighted by Crippen LogP contribution is -2.23. The summed E-state index contributed by atoms with van der Waals surface area (Å²) >= 11 is 4.87. The van der Waals surface area contributed by atoms with Gasteiger partial charge in [-0.2, -0.15) is 0 Å². The van der Waals surface area contributed by atoms with Crippen molar-refractivity contribution in [3.63, 3.8) is 0 Å². The number of rotatable bonds is 3. The second-order valence-corrected chi connectivity index (χ2v) is 5.99. The van der Waals surface area contributed by atoms with Crippen LogP contribution in [0.25, 0.3) is 0 Å². The quantitative estimate of drug-likeness (QED) is 0.852. The maximum absolute atomic E-state index is 11.9. The number of aryl methyl sites for hydroxylation is 1. The molecule has 0 radical (unpaired) electrons. The monoisotopic (exact) mass is 325 g/mol. The van der Waals surface area contributed by atoms with Gasteiger partial charge in [0.05, 0.1) is 17.1 Å². The Bertz CT molecular complexity index is 582. The van der Waals surface area contributed by atoms with Crippen LogP contribution < -0.4 is 11.1 Å². The van der Waals surface area contributed by atoms with Crippen molar-refractivity contribution >= 4 is 38.9 Å². The highest BCUT2D eigenvalue weighted by Gasteiger charge is 2.10. The number of nitrogen functional groups attached to an aromatic ring is 1. The molecule has 0 saturated carbocycles. The SMILES string of the molecule is Cc1ncc(CNC(=O)c2ccc(Br)cc2N)s1. The number of hydrogen-bond donors (Lipinski definition) is 2. The van der Waals surface area contributed by atoms with Gasteiger partial charge < -0.3 is 11.1 Å². The zero-order chi connectivity index (χ0) is 13.1. The minimum atomic E-state index is -0.175. The Morgan fingerprint density at radius 1 is 1.56 bits per heavy atom. The lowest BCUT2D eigenvalue weighted by Gasteiger charge is -2.06. The summed E-state index contributed by atoms with van der Waals surface area (Å²) in [7, 11) is 0. The Balaban J connectivity index is 2.03. The molecule has 1 amide bonds. The molecule has 1 aromatic heterocycles. The summed E-state index contributed by atoms with van der Waals surface area (Å²) < 4.78 is 0.856. The number of aromatic nitrogens is 1. The van der Waals surface area contributed by atoms with E-state index in [4.69, 9.17) is 5.73 Å². The molecule has 6 heteroatoms. The number of nitrogens with one attached hydrogen (secondary N) is 1. The highest BCUT2D eigenvalue weighted by Crippen LogP contribution is 2.18. The minimum Gasteiger partial charge on any atom is -0.398 e. The third-order valence-corrected chi connectivity index (χ3v) is 3.76. The van der Waals surface area contributed by atoms with E-state index in [-0.39, 0.29) is 5.91 Å². The standard InChI is InChI=1S/C12H12BrN3OS/c1-7-15-5-9(18-7)6-16-12(17)10-3-2-8(13)4-11(10)14/h2-5H,6,14H2,1H3,(H,16,17). The highest BCUT2D eigenvalue weighted by atomic mass is 79.9. The van der Waals surface area contributed by atoms with E-state index < -0.39 is 0 Å². The minimum absolute atomic E-state index is 0.175. The first-order chi connectivity index (χ1) is 8.56. The number of anilines is 1. The van der Waals surface area contributed by atoms with Gasteiger partial charge in [0.2, 0.25) is 0 Å². The predicted octanol–water partition coefficient (Wildman–Crippen LogP) is 2.73. The number of thiazole rings is 1. The van der Waals surface area contributed by atoms with Crippen molar-refractivity contribution in [2.24, 2.45) is 0 Å². The molecule has 2 aromatic rings. The number of carbonyl (C=O) groups excluding carboxylic acids is 1. The number of hydrogen-bond acceptors (Lipinski definition) is 4. The molecule has 0 atom stereocenters. The molecule has 0 aliphatic rings. The molecule has 3 N–H and O–H groups in total. The summed E-state index contributed by atoms with van der Waals surface area (Å²) in [6.45, 7) is 2.41. The first kappa shape index (κ1) is 13.0. The van der Waals surface area contributed by atoms with E-state index in [9.17, 15) is 4.79 Å². The lowest BCUT2D eigenvalue weighted by molar-refractivity contribution is 0.0952. The third kappa shape index (κ3) is 3.08. The molecule has 4 nitrogen and oxygen atoms in total. The van der Waals surface area contributed by atoms with Crippen LogP contribution >= 0.6 is 27.3 Å². The van der Waals surface area contributed by atoms with Gasteiger partial charge in [0.25, 0.3) is 5.91 Å². The molecule has 0 fully saturated rings. The Kier molecular flexibility index (Phi) is 3.98. The maximum Gasteiger partial charge on any atom is 0.253 e. The summed E-state index contributed by atoms with van der Waals surface area (Å²) in [5, 5.41) is 3.81. The predicted molar refractivity (Wildman–Crippen MR) is 76.6 cm³/mol. The van der Waals surface area contributed by atoms with Crippen LogP contribution in [0.4, 0.5) is 5.69 Å². The van der Waals surface area contributed by atoms with E-state index in [2.05, 4.69) is 26.2 Å². The van der Waals surface area contributed by atoms with E-state index in [1.54, 1.807) is 35.7 Å². The largest absolute Gasteiger partial charge is 0.398 e. The number of nitrogens with two attached hydrogens (primary N) is 1. The third-order valence-electron chi connectivity index (χ3n) is 2.35. The van der Waals surface area contributed by atoms with Crippen molar-refractivity contribution in [2.45, 2.75) is 13.5 Å². The van der Waals surface area contributed by atoms with Crippen LogP contribution in [-0.4, -0.2) is 10.9 Å². The fourth-order valence-corrected chi connectivity index (χ4v) is 2.60. The average molecular weight is 326 g/mol. The smallest absolute Gasteiger partial charge is 0.253 e. The molecular weight excluding hydrogens is 314 g/mol. The average Bonchev–Trinajstić information content (AvgIpc) is 2.72. The van der Waals surface area contributed by atoms with Gasteiger partial charge in [-0.3, -0.25) is 4.79 Å². The summed E-state index contributed by atoms with van der Waals surface area (Å²) in [5.74, 6) is -0.175. The van der Waals surface area contributed by atoms with Crippen LogP contribution in [0.2, 0.25) is 0 Å².